The van der Waals surface area contributed by atoms with E-state index in [1.807, 2.05) is 29.2 Å². The average Bonchev–Trinajstić information content (AvgIpc) is 3.39. The summed E-state index contributed by atoms with van der Waals surface area (Å²) in [5.74, 6) is 2.29. The topological polar surface area (TPSA) is 85.6 Å². The molecule has 1 aromatic carbocycles. The number of fused-ring (bicyclic) bond motifs is 1. The Morgan fingerprint density at radius 3 is 2.69 bits per heavy atom. The van der Waals surface area contributed by atoms with E-state index in [0.29, 0.717) is 23.2 Å². The molecule has 1 amide bonds. The Kier molecular flexibility index (Phi) is 4.57. The molecule has 9 nitrogen and oxygen atoms in total. The number of benzene rings is 1. The summed E-state index contributed by atoms with van der Waals surface area (Å²) < 4.78 is 12.7. The zero-order valence-electron chi connectivity index (χ0n) is 17.9. The van der Waals surface area contributed by atoms with Crippen LogP contribution in [0.3, 0.4) is 0 Å². The number of piperazine rings is 1. The lowest BCUT2D eigenvalue weighted by molar-refractivity contribution is 0.0663. The van der Waals surface area contributed by atoms with Crippen LogP contribution >= 0.6 is 0 Å². The van der Waals surface area contributed by atoms with Crippen molar-refractivity contribution in [2.24, 2.45) is 0 Å². The van der Waals surface area contributed by atoms with E-state index in [0.717, 1.165) is 61.7 Å². The van der Waals surface area contributed by atoms with Crippen LogP contribution in [0.4, 0.5) is 0 Å². The van der Waals surface area contributed by atoms with Gasteiger partial charge in [-0.15, -0.1) is 0 Å². The van der Waals surface area contributed by atoms with Crippen LogP contribution in [0.1, 0.15) is 34.8 Å². The van der Waals surface area contributed by atoms with Crippen LogP contribution in [0.2, 0.25) is 0 Å². The van der Waals surface area contributed by atoms with E-state index in [4.69, 9.17) is 14.5 Å². The van der Waals surface area contributed by atoms with E-state index < -0.39 is 0 Å². The van der Waals surface area contributed by atoms with Gasteiger partial charge in [-0.1, -0.05) is 0 Å². The molecular weight excluding hydrogens is 408 g/mol. The Morgan fingerprint density at radius 2 is 1.88 bits per heavy atom. The van der Waals surface area contributed by atoms with Gasteiger partial charge in [-0.3, -0.25) is 4.79 Å². The summed E-state index contributed by atoms with van der Waals surface area (Å²) in [5.41, 5.74) is 3.27. The molecule has 0 radical (unpaired) electrons. The lowest BCUT2D eigenvalue weighted by Crippen LogP contribution is -2.47. The summed E-state index contributed by atoms with van der Waals surface area (Å²) in [6.45, 7) is 3.48. The number of aromatic nitrogens is 4. The summed E-state index contributed by atoms with van der Waals surface area (Å²) in [6.07, 6.45) is 5.51. The Labute approximate surface area is 185 Å². The first-order valence-electron chi connectivity index (χ1n) is 11.0. The molecule has 1 aliphatic carbocycles. The molecule has 2 aromatic heterocycles. The molecule has 0 spiro atoms. The smallest absolute Gasteiger partial charge is 0.257 e. The second-order valence-corrected chi connectivity index (χ2v) is 8.53. The molecule has 0 bridgehead atoms. The van der Waals surface area contributed by atoms with Crippen molar-refractivity contribution in [2.75, 3.05) is 40.0 Å². The van der Waals surface area contributed by atoms with Crippen molar-refractivity contribution in [3.63, 3.8) is 0 Å². The number of hydrogen-bond donors (Lipinski definition) is 0. The number of carbonyl (C=O) groups is 1. The summed E-state index contributed by atoms with van der Waals surface area (Å²) in [7, 11) is 2.08. The first-order valence-corrected chi connectivity index (χ1v) is 11.0. The monoisotopic (exact) mass is 432 g/mol. The van der Waals surface area contributed by atoms with Crippen molar-refractivity contribution in [3.05, 3.63) is 47.9 Å². The Morgan fingerprint density at radius 1 is 1.06 bits per heavy atom. The summed E-state index contributed by atoms with van der Waals surface area (Å²) in [5, 5.41) is 4.56. The van der Waals surface area contributed by atoms with Gasteiger partial charge in [0.15, 0.2) is 11.5 Å². The molecule has 3 aromatic rings. The number of likely N-dealkylation sites (N-methyl/N-ethyl adjacent to an activating group) is 1. The minimum absolute atomic E-state index is 0.0539. The Balaban J connectivity index is 1.34. The minimum atomic E-state index is 0.0539. The van der Waals surface area contributed by atoms with E-state index in [9.17, 15) is 4.79 Å². The van der Waals surface area contributed by atoms with Crippen LogP contribution < -0.4 is 9.47 Å². The third-order valence-electron chi connectivity index (χ3n) is 6.29. The Bertz CT molecular complexity index is 1180. The first kappa shape index (κ1) is 19.2. The van der Waals surface area contributed by atoms with Crippen molar-refractivity contribution in [2.45, 2.75) is 18.8 Å². The zero-order valence-corrected chi connectivity index (χ0v) is 17.9. The largest absolute Gasteiger partial charge is 0.454 e. The SMILES string of the molecule is CN1CCN(C(=O)c2cnn(-c3nccc(-c4ccc5c(c4)OCO5)n3)c2C2CC2)CC1. The normalized spacial score (nSPS) is 18.2. The van der Waals surface area contributed by atoms with Crippen molar-refractivity contribution >= 4 is 5.91 Å². The summed E-state index contributed by atoms with van der Waals surface area (Å²) >= 11 is 0. The molecular formula is C23H24N6O3. The van der Waals surface area contributed by atoms with Crippen LogP contribution in [0.5, 0.6) is 11.5 Å². The van der Waals surface area contributed by atoms with Crippen LogP contribution in [0, 0.1) is 0 Å². The van der Waals surface area contributed by atoms with Gasteiger partial charge in [-0.2, -0.15) is 5.10 Å². The third-order valence-corrected chi connectivity index (χ3v) is 6.29. The van der Waals surface area contributed by atoms with Gasteiger partial charge in [0.25, 0.3) is 11.9 Å². The molecule has 2 fully saturated rings. The maximum atomic E-state index is 13.3. The highest BCUT2D eigenvalue weighted by atomic mass is 16.7. The van der Waals surface area contributed by atoms with Gasteiger partial charge in [-0.05, 0) is 44.2 Å². The molecule has 1 saturated carbocycles. The van der Waals surface area contributed by atoms with Crippen LogP contribution in [0.25, 0.3) is 17.2 Å². The van der Waals surface area contributed by atoms with E-state index >= 15 is 0 Å². The van der Waals surface area contributed by atoms with Crippen LogP contribution in [-0.2, 0) is 0 Å². The molecule has 9 heteroatoms. The molecule has 3 aliphatic rings. The molecule has 0 atom stereocenters. The zero-order chi connectivity index (χ0) is 21.7. The Hall–Kier alpha value is -3.46. The lowest BCUT2D eigenvalue weighted by atomic mass is 10.1. The van der Waals surface area contributed by atoms with Gasteiger partial charge in [-0.25, -0.2) is 14.6 Å². The van der Waals surface area contributed by atoms with Gasteiger partial charge in [0.2, 0.25) is 6.79 Å². The number of nitrogens with zero attached hydrogens (tertiary/aromatic N) is 6. The maximum absolute atomic E-state index is 13.3. The number of rotatable bonds is 4. The fourth-order valence-electron chi connectivity index (χ4n) is 4.28. The standard InChI is InChI=1S/C23H24N6O3/c1-27-8-10-28(11-9-27)22(30)17-13-25-29(21(17)15-2-3-15)23-24-7-6-18(26-23)16-4-5-19-20(12-16)32-14-31-19/h4-7,12-13,15H,2-3,8-11,14H2,1H3. The molecule has 6 rings (SSSR count). The van der Waals surface area contributed by atoms with E-state index in [-0.39, 0.29) is 12.7 Å². The van der Waals surface area contributed by atoms with Crippen LogP contribution in [-0.4, -0.2) is 75.5 Å². The second kappa shape index (κ2) is 7.59. The molecule has 0 N–H and O–H groups in total. The molecule has 164 valence electrons. The first-order chi connectivity index (χ1) is 15.7. The van der Waals surface area contributed by atoms with Gasteiger partial charge in [0.1, 0.15) is 0 Å². The summed E-state index contributed by atoms with van der Waals surface area (Å²) in [6, 6.07) is 7.61. The number of ether oxygens (including phenoxy) is 2. The predicted octanol–water partition coefficient (Wildman–Crippen LogP) is 2.32. The average molecular weight is 432 g/mol. The highest BCUT2D eigenvalue weighted by Crippen LogP contribution is 2.42. The molecule has 32 heavy (non-hydrogen) atoms. The van der Waals surface area contributed by atoms with Gasteiger partial charge in [0, 0.05) is 43.9 Å². The van der Waals surface area contributed by atoms with E-state index in [2.05, 4.69) is 22.0 Å². The van der Waals surface area contributed by atoms with Crippen molar-refractivity contribution in [1.29, 1.82) is 0 Å². The molecule has 0 unspecified atom stereocenters. The number of carbonyl (C=O) groups excluding carboxylic acids is 1. The number of amides is 1. The highest BCUT2D eigenvalue weighted by molar-refractivity contribution is 5.95. The molecule has 4 heterocycles. The van der Waals surface area contributed by atoms with Crippen molar-refractivity contribution in [1.82, 2.24) is 29.5 Å². The van der Waals surface area contributed by atoms with E-state index in [1.165, 1.54) is 0 Å². The van der Waals surface area contributed by atoms with E-state index in [1.54, 1.807) is 17.1 Å². The highest BCUT2D eigenvalue weighted by Gasteiger charge is 2.35. The second-order valence-electron chi connectivity index (χ2n) is 8.53. The quantitative estimate of drug-likeness (QED) is 0.625. The third kappa shape index (κ3) is 3.38. The molecule has 1 saturated heterocycles. The fraction of sp³-hybridized carbons (Fsp3) is 0.391. The van der Waals surface area contributed by atoms with Gasteiger partial charge in [0.05, 0.1) is 23.1 Å². The maximum Gasteiger partial charge on any atom is 0.257 e. The van der Waals surface area contributed by atoms with Crippen LogP contribution in [0.15, 0.2) is 36.7 Å². The lowest BCUT2D eigenvalue weighted by Gasteiger charge is -2.32. The fourth-order valence-corrected chi connectivity index (χ4v) is 4.28. The molecule has 2 aliphatic heterocycles. The number of hydrogen-bond acceptors (Lipinski definition) is 7. The minimum Gasteiger partial charge on any atom is -0.454 e. The predicted molar refractivity (Wildman–Crippen MR) is 116 cm³/mol. The van der Waals surface area contributed by atoms with Gasteiger partial charge < -0.3 is 19.3 Å². The summed E-state index contributed by atoms with van der Waals surface area (Å²) in [4.78, 5) is 26.7. The van der Waals surface area contributed by atoms with Crippen molar-refractivity contribution in [3.8, 4) is 28.7 Å². The van der Waals surface area contributed by atoms with Gasteiger partial charge >= 0.3 is 0 Å². The van der Waals surface area contributed by atoms with Crippen molar-refractivity contribution < 1.29 is 14.3 Å².